The monoisotopic (exact) mass is 347 g/mol. The maximum absolute atomic E-state index is 12.2. The quantitative estimate of drug-likeness (QED) is 0.736. The molecule has 9 heteroatoms. The van der Waals surface area contributed by atoms with Gasteiger partial charge in [0.05, 0.1) is 7.11 Å². The van der Waals surface area contributed by atoms with Crippen molar-refractivity contribution < 1.29 is 9.53 Å². The van der Waals surface area contributed by atoms with E-state index in [0.717, 1.165) is 5.69 Å². The number of fused-ring (bicyclic) bond motifs is 1. The molecule has 0 aromatic carbocycles. The maximum Gasteiger partial charge on any atom is 0.258 e. The van der Waals surface area contributed by atoms with Crippen molar-refractivity contribution in [2.24, 2.45) is 7.05 Å². The molecule has 0 saturated heterocycles. The van der Waals surface area contributed by atoms with Crippen LogP contribution in [0.15, 0.2) is 22.4 Å². The molecule has 0 atom stereocenters. The summed E-state index contributed by atoms with van der Waals surface area (Å²) in [7, 11) is 3.19. The van der Waals surface area contributed by atoms with Gasteiger partial charge in [0.15, 0.2) is 4.96 Å². The molecule has 24 heavy (non-hydrogen) atoms. The summed E-state index contributed by atoms with van der Waals surface area (Å²) in [6, 6.07) is 1.50. The fourth-order valence-corrected chi connectivity index (χ4v) is 3.41. The third-order valence-corrected chi connectivity index (χ3v) is 4.38. The molecule has 3 aromatic heterocycles. The number of hydrogen-bond acceptors (Lipinski definition) is 6. The van der Waals surface area contributed by atoms with Crippen LogP contribution in [0.4, 0.5) is 0 Å². The fraction of sp³-hybridized carbons (Fsp3) is 0.333. The topological polar surface area (TPSA) is 90.5 Å². The van der Waals surface area contributed by atoms with E-state index in [1.807, 2.05) is 5.38 Å². The van der Waals surface area contributed by atoms with Crippen LogP contribution in [0.25, 0.3) is 4.96 Å². The van der Waals surface area contributed by atoms with E-state index in [2.05, 4.69) is 15.4 Å². The zero-order valence-corrected chi connectivity index (χ0v) is 14.4. The highest BCUT2D eigenvalue weighted by Gasteiger charge is 2.16. The standard InChI is InChI=1S/C15H17N5O3S/c1-9-6-12(21)20-10(8-24-15(20)17-9)4-5-16-13(22)11-7-19(2)18-14(11)23-3/h6-8H,4-5H2,1-3H3,(H,16,22). The second kappa shape index (κ2) is 6.44. The lowest BCUT2D eigenvalue weighted by molar-refractivity contribution is 0.0951. The van der Waals surface area contributed by atoms with Gasteiger partial charge >= 0.3 is 0 Å². The van der Waals surface area contributed by atoms with Gasteiger partial charge in [-0.1, -0.05) is 0 Å². The molecule has 0 unspecified atom stereocenters. The van der Waals surface area contributed by atoms with Crippen LogP contribution >= 0.6 is 11.3 Å². The molecule has 0 aliphatic rings. The van der Waals surface area contributed by atoms with Gasteiger partial charge in [-0.3, -0.25) is 18.7 Å². The molecule has 0 aliphatic carbocycles. The Morgan fingerprint density at radius 3 is 3.00 bits per heavy atom. The minimum Gasteiger partial charge on any atom is -0.479 e. The largest absolute Gasteiger partial charge is 0.479 e. The van der Waals surface area contributed by atoms with Crippen LogP contribution in [-0.2, 0) is 13.5 Å². The summed E-state index contributed by atoms with van der Waals surface area (Å²) < 4.78 is 8.18. The number of carbonyl (C=O) groups excluding carboxylic acids is 1. The van der Waals surface area contributed by atoms with E-state index < -0.39 is 0 Å². The average Bonchev–Trinajstić information content (AvgIpc) is 3.10. The summed E-state index contributed by atoms with van der Waals surface area (Å²) >= 11 is 1.41. The number of methoxy groups -OCH3 is 1. The van der Waals surface area contributed by atoms with Crippen molar-refractivity contribution in [3.05, 3.63) is 44.9 Å². The summed E-state index contributed by atoms with van der Waals surface area (Å²) in [6.45, 7) is 2.19. The SMILES string of the molecule is COc1nn(C)cc1C(=O)NCCc1csc2nc(C)cc(=O)n12. The van der Waals surface area contributed by atoms with Crippen LogP contribution < -0.4 is 15.6 Å². The zero-order chi connectivity index (χ0) is 17.3. The van der Waals surface area contributed by atoms with Gasteiger partial charge in [-0.25, -0.2) is 4.98 Å². The van der Waals surface area contributed by atoms with E-state index in [0.29, 0.717) is 29.2 Å². The molecule has 126 valence electrons. The maximum atomic E-state index is 12.2. The van der Waals surface area contributed by atoms with Gasteiger partial charge in [0.2, 0.25) is 5.88 Å². The molecule has 1 N–H and O–H groups in total. The Labute approximate surface area is 141 Å². The number of aryl methyl sites for hydroxylation is 2. The lowest BCUT2D eigenvalue weighted by Gasteiger charge is -2.05. The van der Waals surface area contributed by atoms with Crippen LogP contribution in [0.2, 0.25) is 0 Å². The third-order valence-electron chi connectivity index (χ3n) is 3.50. The number of ether oxygens (including phenoxy) is 1. The predicted octanol–water partition coefficient (Wildman–Crippen LogP) is 0.779. The summed E-state index contributed by atoms with van der Waals surface area (Å²) in [5, 5.41) is 8.76. The number of hydrogen-bond donors (Lipinski definition) is 1. The first kappa shape index (κ1) is 16.2. The molecular weight excluding hydrogens is 330 g/mol. The Morgan fingerprint density at radius 2 is 2.25 bits per heavy atom. The summed E-state index contributed by atoms with van der Waals surface area (Å²) in [6.07, 6.45) is 2.13. The normalized spacial score (nSPS) is 11.0. The fourth-order valence-electron chi connectivity index (χ4n) is 2.43. The first-order chi connectivity index (χ1) is 11.5. The van der Waals surface area contributed by atoms with Crippen molar-refractivity contribution in [3.63, 3.8) is 0 Å². The van der Waals surface area contributed by atoms with Crippen molar-refractivity contribution in [1.82, 2.24) is 24.5 Å². The van der Waals surface area contributed by atoms with E-state index in [-0.39, 0.29) is 17.3 Å². The number of carbonyl (C=O) groups is 1. The van der Waals surface area contributed by atoms with E-state index in [4.69, 9.17) is 4.74 Å². The molecule has 0 aliphatic heterocycles. The molecule has 0 fully saturated rings. The van der Waals surface area contributed by atoms with Gasteiger partial charge < -0.3 is 10.1 Å². The van der Waals surface area contributed by atoms with E-state index in [1.165, 1.54) is 29.2 Å². The predicted molar refractivity (Wildman–Crippen MR) is 89.9 cm³/mol. The van der Waals surface area contributed by atoms with E-state index in [1.54, 1.807) is 24.6 Å². The van der Waals surface area contributed by atoms with Crippen LogP contribution in [-0.4, -0.2) is 38.7 Å². The van der Waals surface area contributed by atoms with Crippen molar-refractivity contribution in [2.45, 2.75) is 13.3 Å². The minimum absolute atomic E-state index is 0.103. The van der Waals surface area contributed by atoms with Gasteiger partial charge in [-0.15, -0.1) is 16.4 Å². The summed E-state index contributed by atoms with van der Waals surface area (Å²) in [4.78, 5) is 29.3. The molecule has 1 amide bonds. The average molecular weight is 347 g/mol. The molecule has 3 rings (SSSR count). The molecule has 0 saturated carbocycles. The van der Waals surface area contributed by atoms with E-state index in [9.17, 15) is 9.59 Å². The third kappa shape index (κ3) is 3.02. The number of thiazole rings is 1. The lowest BCUT2D eigenvalue weighted by Crippen LogP contribution is -2.27. The molecule has 0 radical (unpaired) electrons. The van der Waals surface area contributed by atoms with Crippen molar-refractivity contribution in [1.29, 1.82) is 0 Å². The Kier molecular flexibility index (Phi) is 4.34. The van der Waals surface area contributed by atoms with Crippen LogP contribution in [0.3, 0.4) is 0 Å². The van der Waals surface area contributed by atoms with Gasteiger partial charge in [0.25, 0.3) is 11.5 Å². The molecule has 0 bridgehead atoms. The van der Waals surface area contributed by atoms with Gasteiger partial charge in [-0.05, 0) is 6.92 Å². The van der Waals surface area contributed by atoms with E-state index >= 15 is 0 Å². The summed E-state index contributed by atoms with van der Waals surface area (Å²) in [5.74, 6) is 0.0210. The number of rotatable bonds is 5. The van der Waals surface area contributed by atoms with Gasteiger partial charge in [0, 0.05) is 49.0 Å². The molecule has 3 heterocycles. The number of aromatic nitrogens is 4. The van der Waals surface area contributed by atoms with Crippen LogP contribution in [0, 0.1) is 6.92 Å². The second-order valence-corrected chi connectivity index (χ2v) is 6.15. The number of nitrogens with one attached hydrogen (secondary N) is 1. The Balaban J connectivity index is 1.71. The van der Waals surface area contributed by atoms with Crippen molar-refractivity contribution in [3.8, 4) is 5.88 Å². The van der Waals surface area contributed by atoms with Gasteiger partial charge in [-0.2, -0.15) is 0 Å². The molecular formula is C15H17N5O3S. The van der Waals surface area contributed by atoms with Crippen molar-refractivity contribution in [2.75, 3.05) is 13.7 Å². The van der Waals surface area contributed by atoms with Gasteiger partial charge in [0.1, 0.15) is 5.56 Å². The molecule has 3 aromatic rings. The first-order valence-electron chi connectivity index (χ1n) is 7.32. The van der Waals surface area contributed by atoms with Crippen molar-refractivity contribution >= 4 is 22.2 Å². The second-order valence-electron chi connectivity index (χ2n) is 5.31. The Bertz CT molecular complexity index is 956. The highest BCUT2D eigenvalue weighted by atomic mass is 32.1. The lowest BCUT2D eigenvalue weighted by atomic mass is 10.3. The molecule has 0 spiro atoms. The van der Waals surface area contributed by atoms with Crippen LogP contribution in [0.1, 0.15) is 21.7 Å². The van der Waals surface area contributed by atoms with Crippen LogP contribution in [0.5, 0.6) is 5.88 Å². The summed E-state index contributed by atoms with van der Waals surface area (Å²) in [5.41, 5.74) is 1.80. The Hall–Kier alpha value is -2.68. The highest BCUT2D eigenvalue weighted by molar-refractivity contribution is 7.15. The highest BCUT2D eigenvalue weighted by Crippen LogP contribution is 2.15. The number of amides is 1. The molecule has 8 nitrogen and oxygen atoms in total. The smallest absolute Gasteiger partial charge is 0.258 e. The Morgan fingerprint density at radius 1 is 1.46 bits per heavy atom. The zero-order valence-electron chi connectivity index (χ0n) is 13.6. The first-order valence-corrected chi connectivity index (χ1v) is 8.20. The minimum atomic E-state index is -0.263. The number of nitrogens with zero attached hydrogens (tertiary/aromatic N) is 4.